The number of anilines is 1. The van der Waals surface area contributed by atoms with E-state index in [0.717, 1.165) is 0 Å². The normalized spacial score (nSPS) is 13.6. The van der Waals surface area contributed by atoms with E-state index in [-0.39, 0.29) is 44.5 Å². The number of carbonyl (C=O) groups excluding carboxylic acids is 4. The van der Waals surface area contributed by atoms with E-state index in [1.54, 1.807) is 30.3 Å². The molecule has 0 aromatic heterocycles. The molecular weight excluding hydrogens is 418 g/mol. The molecule has 1 saturated heterocycles. The summed E-state index contributed by atoms with van der Waals surface area (Å²) in [6.07, 6.45) is 5.65. The zero-order valence-electron chi connectivity index (χ0n) is 17.1. The van der Waals surface area contributed by atoms with Crippen LogP contribution in [0, 0.1) is 23.7 Å². The summed E-state index contributed by atoms with van der Waals surface area (Å²) < 4.78 is 5.49. The van der Waals surface area contributed by atoms with Crippen LogP contribution in [0.4, 0.5) is 5.69 Å². The molecule has 32 heavy (non-hydrogen) atoms. The van der Waals surface area contributed by atoms with Crippen LogP contribution < -0.4 is 10.1 Å². The Bertz CT molecular complexity index is 984. The van der Waals surface area contributed by atoms with Gasteiger partial charge >= 0.3 is 5.97 Å². The van der Waals surface area contributed by atoms with Crippen LogP contribution in [0.25, 0.3) is 0 Å². The monoisotopic (exact) mass is 439 g/mol. The fraction of sp³-hybridized carbons (Fsp3) is 0.318. The van der Waals surface area contributed by atoms with Crippen LogP contribution in [0.2, 0.25) is 0 Å². The number of hydrogen-bond donors (Lipinski definition) is 2. The maximum atomic E-state index is 12.1. The highest BCUT2D eigenvalue weighted by atomic mass is 16.7. The highest BCUT2D eigenvalue weighted by Gasteiger charge is 2.32. The number of nitrogens with one attached hydrogen (secondary N) is 1. The van der Waals surface area contributed by atoms with E-state index in [1.807, 2.05) is 0 Å². The first-order chi connectivity index (χ1) is 15.3. The van der Waals surface area contributed by atoms with Gasteiger partial charge in [-0.25, -0.2) is 4.79 Å². The summed E-state index contributed by atoms with van der Waals surface area (Å²) in [5.74, 6) is -0.130. The first-order valence-electron chi connectivity index (χ1n) is 9.72. The zero-order chi connectivity index (χ0) is 23.5. The Hall–Kier alpha value is -4.31. The van der Waals surface area contributed by atoms with Gasteiger partial charge in [0.1, 0.15) is 17.6 Å². The Morgan fingerprint density at radius 2 is 1.81 bits per heavy atom. The molecule has 0 saturated carbocycles. The zero-order valence-corrected chi connectivity index (χ0v) is 17.1. The molecule has 1 aliphatic rings. The molecule has 1 aromatic carbocycles. The Kier molecular flexibility index (Phi) is 8.81. The topological polar surface area (TPSA) is 146 Å². The van der Waals surface area contributed by atoms with E-state index >= 15 is 0 Å². The summed E-state index contributed by atoms with van der Waals surface area (Å²) in [6.45, 7) is 0.174. The van der Waals surface area contributed by atoms with Gasteiger partial charge in [-0.1, -0.05) is 0 Å². The molecule has 3 amide bonds. The lowest BCUT2D eigenvalue weighted by molar-refractivity contribution is -0.197. The molecule has 0 bridgehead atoms. The molecule has 1 aliphatic heterocycles. The van der Waals surface area contributed by atoms with E-state index in [1.165, 1.54) is 0 Å². The Morgan fingerprint density at radius 3 is 2.41 bits per heavy atom. The highest BCUT2D eigenvalue weighted by molar-refractivity contribution is 6.06. The molecule has 1 heterocycles. The number of imide groups is 1. The maximum absolute atomic E-state index is 12.1. The number of aliphatic hydroxyl groups is 1. The van der Waals surface area contributed by atoms with Crippen molar-refractivity contribution in [3.05, 3.63) is 35.6 Å². The average Bonchev–Trinajstić information content (AvgIpc) is 3.09. The molecule has 0 unspecified atom stereocenters. The van der Waals surface area contributed by atoms with Gasteiger partial charge in [0.15, 0.2) is 5.57 Å². The third-order valence-electron chi connectivity index (χ3n) is 4.24. The summed E-state index contributed by atoms with van der Waals surface area (Å²) in [4.78, 5) is 51.4. The van der Waals surface area contributed by atoms with Crippen molar-refractivity contribution in [1.82, 2.24) is 5.06 Å². The van der Waals surface area contributed by atoms with Gasteiger partial charge in [0.2, 0.25) is 0 Å². The van der Waals surface area contributed by atoms with Gasteiger partial charge in [-0.15, -0.1) is 17.4 Å². The van der Waals surface area contributed by atoms with Gasteiger partial charge in [0.05, 0.1) is 13.0 Å². The van der Waals surface area contributed by atoms with Crippen LogP contribution in [0.3, 0.4) is 0 Å². The summed E-state index contributed by atoms with van der Waals surface area (Å²) in [5.41, 5.74) is -0.0341. The minimum atomic E-state index is -0.760. The predicted octanol–water partition coefficient (Wildman–Crippen LogP) is 2.14. The first-order valence-corrected chi connectivity index (χ1v) is 9.72. The molecule has 10 heteroatoms. The number of allylic oxidation sites excluding steroid dienone is 1. The molecule has 0 spiro atoms. The molecule has 2 rings (SSSR count). The predicted molar refractivity (Wildman–Crippen MR) is 110 cm³/mol. The Balaban J connectivity index is 1.77. The minimum Gasteiger partial charge on any atom is -0.511 e. The number of amides is 3. The molecule has 1 aromatic rings. The number of carbonyl (C=O) groups is 4. The third-order valence-corrected chi connectivity index (χ3v) is 4.24. The quantitative estimate of drug-likeness (QED) is 0.141. The van der Waals surface area contributed by atoms with Crippen molar-refractivity contribution in [1.29, 1.82) is 5.26 Å². The second-order valence-corrected chi connectivity index (χ2v) is 6.61. The molecule has 0 aliphatic carbocycles. The van der Waals surface area contributed by atoms with Crippen molar-refractivity contribution < 1.29 is 33.9 Å². The maximum Gasteiger partial charge on any atom is 0.333 e. The highest BCUT2D eigenvalue weighted by Crippen LogP contribution is 2.18. The van der Waals surface area contributed by atoms with Crippen LogP contribution in [-0.2, 0) is 24.0 Å². The number of hydroxylamine groups is 2. The summed E-state index contributed by atoms with van der Waals surface area (Å²) in [7, 11) is 0. The number of benzene rings is 1. The van der Waals surface area contributed by atoms with E-state index in [0.29, 0.717) is 22.9 Å². The largest absolute Gasteiger partial charge is 0.511 e. The molecule has 1 fully saturated rings. The van der Waals surface area contributed by atoms with E-state index in [9.17, 15) is 24.3 Å². The molecular formula is C22H21N3O7. The fourth-order valence-corrected chi connectivity index (χ4v) is 2.60. The van der Waals surface area contributed by atoms with E-state index in [2.05, 4.69) is 11.2 Å². The molecule has 10 nitrogen and oxygen atoms in total. The van der Waals surface area contributed by atoms with Crippen molar-refractivity contribution in [3.63, 3.8) is 0 Å². The fourth-order valence-electron chi connectivity index (χ4n) is 2.60. The van der Waals surface area contributed by atoms with Crippen molar-refractivity contribution in [2.75, 3.05) is 11.9 Å². The van der Waals surface area contributed by atoms with Crippen LogP contribution in [0.1, 0.15) is 38.5 Å². The molecule has 2 N–H and O–H groups in total. The second kappa shape index (κ2) is 11.8. The summed E-state index contributed by atoms with van der Waals surface area (Å²) in [5, 5.41) is 21.9. The first kappa shape index (κ1) is 24.0. The van der Waals surface area contributed by atoms with Crippen molar-refractivity contribution in [2.45, 2.75) is 38.5 Å². The lowest BCUT2D eigenvalue weighted by atomic mass is 10.1. The number of rotatable bonds is 10. The minimum absolute atomic E-state index is 0.0256. The smallest absolute Gasteiger partial charge is 0.333 e. The SMILES string of the molecule is C#CCC/C(O)=C(\C#N)C(=O)Nc1ccc(OCCCC(=O)ON2C(=O)CCC2=O)cc1. The summed E-state index contributed by atoms with van der Waals surface area (Å²) in [6, 6.07) is 7.89. The standard InChI is InChI=1S/C22H21N3O7/c1-2-3-5-18(26)17(14-23)22(30)24-15-7-9-16(10-8-15)31-13-4-6-21(29)32-25-19(27)11-12-20(25)28/h1,7-10,26H,3-6,11-13H2,(H,24,30)/b18-17-. The summed E-state index contributed by atoms with van der Waals surface area (Å²) >= 11 is 0. The van der Waals surface area contributed by atoms with Gasteiger partial charge in [0.25, 0.3) is 17.7 Å². The van der Waals surface area contributed by atoms with Gasteiger partial charge in [0, 0.05) is 31.4 Å². The lowest BCUT2D eigenvalue weighted by Crippen LogP contribution is -2.32. The van der Waals surface area contributed by atoms with Gasteiger partial charge in [-0.3, -0.25) is 14.4 Å². The van der Waals surface area contributed by atoms with E-state index in [4.69, 9.17) is 21.3 Å². The molecule has 0 atom stereocenters. The number of aliphatic hydroxyl groups excluding tert-OH is 1. The van der Waals surface area contributed by atoms with Gasteiger partial charge in [-0.05, 0) is 30.7 Å². The van der Waals surface area contributed by atoms with Crippen LogP contribution in [-0.4, -0.2) is 40.5 Å². The number of nitriles is 1. The third kappa shape index (κ3) is 6.89. The van der Waals surface area contributed by atoms with Crippen LogP contribution in [0.5, 0.6) is 5.75 Å². The van der Waals surface area contributed by atoms with Crippen molar-refractivity contribution >= 4 is 29.4 Å². The van der Waals surface area contributed by atoms with E-state index < -0.39 is 29.3 Å². The number of nitrogens with zero attached hydrogens (tertiary/aromatic N) is 2. The molecule has 0 radical (unpaired) electrons. The Morgan fingerprint density at radius 1 is 1.16 bits per heavy atom. The molecule has 166 valence electrons. The lowest BCUT2D eigenvalue weighted by Gasteiger charge is -2.12. The second-order valence-electron chi connectivity index (χ2n) is 6.61. The number of hydrogen-bond acceptors (Lipinski definition) is 8. The Labute approximate surface area is 184 Å². The van der Waals surface area contributed by atoms with Crippen LogP contribution >= 0.6 is 0 Å². The van der Waals surface area contributed by atoms with Crippen LogP contribution in [0.15, 0.2) is 35.6 Å². The number of terminal acetylenes is 1. The van der Waals surface area contributed by atoms with Crippen molar-refractivity contribution in [3.8, 4) is 24.2 Å². The average molecular weight is 439 g/mol. The van der Waals surface area contributed by atoms with Crippen molar-refractivity contribution in [2.24, 2.45) is 0 Å². The number of ether oxygens (including phenoxy) is 1. The van der Waals surface area contributed by atoms with Gasteiger partial charge in [-0.2, -0.15) is 5.26 Å². The van der Waals surface area contributed by atoms with Gasteiger partial charge < -0.3 is 20.0 Å².